The van der Waals surface area contributed by atoms with Crippen LogP contribution in [0.4, 0.5) is 0 Å². The molecule has 1 N–H and O–H groups in total. The molecule has 1 heterocycles. The van der Waals surface area contributed by atoms with E-state index in [9.17, 15) is 9.90 Å². The highest BCUT2D eigenvalue weighted by Gasteiger charge is 2.09. The van der Waals surface area contributed by atoms with E-state index in [2.05, 4.69) is 0 Å². The average Bonchev–Trinajstić information content (AvgIpc) is 3.21. The van der Waals surface area contributed by atoms with Gasteiger partial charge in [0, 0.05) is 16.0 Å². The van der Waals surface area contributed by atoms with Gasteiger partial charge in [-0.25, -0.2) is 0 Å². The molecular weight excluding hydrogens is 348 g/mol. The van der Waals surface area contributed by atoms with Crippen molar-refractivity contribution in [1.82, 2.24) is 0 Å². The van der Waals surface area contributed by atoms with E-state index in [1.807, 2.05) is 35.7 Å². The summed E-state index contributed by atoms with van der Waals surface area (Å²) in [6.07, 6.45) is 3.22. The molecule has 26 heavy (non-hydrogen) atoms. The van der Waals surface area contributed by atoms with E-state index in [0.29, 0.717) is 11.3 Å². The molecule has 0 aliphatic carbocycles. The molecule has 3 rings (SSSR count). The van der Waals surface area contributed by atoms with Crippen LogP contribution < -0.4 is 9.47 Å². The number of allylic oxidation sites excluding steroid dienone is 1. The van der Waals surface area contributed by atoms with Crippen molar-refractivity contribution in [3.63, 3.8) is 0 Å². The smallest absolute Gasteiger partial charge is 0.185 e. The van der Waals surface area contributed by atoms with Gasteiger partial charge >= 0.3 is 0 Å². The number of aromatic hydroxyl groups is 1. The monoisotopic (exact) mass is 366 g/mol. The molecule has 132 valence electrons. The first kappa shape index (κ1) is 17.8. The molecule has 2 aromatic carbocycles. The van der Waals surface area contributed by atoms with Crippen LogP contribution in [0.3, 0.4) is 0 Å². The van der Waals surface area contributed by atoms with Crippen LogP contribution in [0.5, 0.6) is 17.2 Å². The van der Waals surface area contributed by atoms with Crippen molar-refractivity contribution in [1.29, 1.82) is 0 Å². The van der Waals surface area contributed by atoms with Gasteiger partial charge in [0.1, 0.15) is 5.75 Å². The quantitative estimate of drug-likeness (QED) is 0.491. The molecule has 0 saturated heterocycles. The maximum absolute atomic E-state index is 12.4. The van der Waals surface area contributed by atoms with E-state index >= 15 is 0 Å². The van der Waals surface area contributed by atoms with Crippen LogP contribution in [0.2, 0.25) is 0 Å². The van der Waals surface area contributed by atoms with Gasteiger partial charge in [0.25, 0.3) is 0 Å². The number of benzene rings is 2. The highest BCUT2D eigenvalue weighted by molar-refractivity contribution is 7.13. The first-order valence-electron chi connectivity index (χ1n) is 7.93. The fourth-order valence-corrected chi connectivity index (χ4v) is 3.28. The second-order valence-corrected chi connectivity index (χ2v) is 6.47. The second-order valence-electron chi connectivity index (χ2n) is 5.52. The van der Waals surface area contributed by atoms with Gasteiger partial charge in [-0.2, -0.15) is 0 Å². The number of hydrogen-bond acceptors (Lipinski definition) is 5. The molecular formula is C21H18O4S. The Bertz CT molecular complexity index is 943. The summed E-state index contributed by atoms with van der Waals surface area (Å²) in [5, 5.41) is 11.7. The van der Waals surface area contributed by atoms with Crippen LogP contribution in [0.15, 0.2) is 60.0 Å². The van der Waals surface area contributed by atoms with Crippen LogP contribution in [0.1, 0.15) is 15.9 Å². The van der Waals surface area contributed by atoms with Crippen molar-refractivity contribution >= 4 is 23.2 Å². The lowest BCUT2D eigenvalue weighted by atomic mass is 10.1. The summed E-state index contributed by atoms with van der Waals surface area (Å²) in [5.74, 6) is 0.768. The summed E-state index contributed by atoms with van der Waals surface area (Å²) in [4.78, 5) is 13.6. The number of ketones is 1. The van der Waals surface area contributed by atoms with Gasteiger partial charge in [-0.1, -0.05) is 6.07 Å². The number of carbonyl (C=O) groups excluding carboxylic acids is 1. The van der Waals surface area contributed by atoms with Crippen LogP contribution in [-0.2, 0) is 0 Å². The molecule has 0 radical (unpaired) electrons. The Morgan fingerprint density at radius 1 is 1.04 bits per heavy atom. The summed E-state index contributed by atoms with van der Waals surface area (Å²) >= 11 is 1.66. The molecule has 0 bridgehead atoms. The van der Waals surface area contributed by atoms with Crippen molar-refractivity contribution < 1.29 is 19.4 Å². The number of phenolic OH excluding ortho intramolecular Hbond substituents is 1. The molecule has 0 fully saturated rings. The molecule has 0 aliphatic heterocycles. The van der Waals surface area contributed by atoms with Crippen molar-refractivity contribution in [2.24, 2.45) is 0 Å². The minimum atomic E-state index is -0.188. The van der Waals surface area contributed by atoms with E-state index in [1.54, 1.807) is 30.6 Å². The van der Waals surface area contributed by atoms with E-state index in [4.69, 9.17) is 9.47 Å². The summed E-state index contributed by atoms with van der Waals surface area (Å²) in [6.45, 7) is 0. The van der Waals surface area contributed by atoms with Gasteiger partial charge in [-0.15, -0.1) is 11.3 Å². The maximum atomic E-state index is 12.4. The topological polar surface area (TPSA) is 55.8 Å². The van der Waals surface area contributed by atoms with E-state index in [-0.39, 0.29) is 17.3 Å². The Labute approximate surface area is 156 Å². The Morgan fingerprint density at radius 2 is 1.85 bits per heavy atom. The van der Waals surface area contributed by atoms with E-state index < -0.39 is 0 Å². The Morgan fingerprint density at radius 3 is 2.54 bits per heavy atom. The van der Waals surface area contributed by atoms with Gasteiger partial charge in [-0.3, -0.25) is 4.79 Å². The minimum Gasteiger partial charge on any atom is -0.504 e. The van der Waals surface area contributed by atoms with Gasteiger partial charge in [-0.05, 0) is 65.6 Å². The zero-order valence-electron chi connectivity index (χ0n) is 14.4. The maximum Gasteiger partial charge on any atom is 0.185 e. The summed E-state index contributed by atoms with van der Waals surface area (Å²) in [5.41, 5.74) is 2.32. The fourth-order valence-electron chi connectivity index (χ4n) is 2.55. The third-order valence-electron chi connectivity index (χ3n) is 3.91. The third-order valence-corrected chi connectivity index (χ3v) is 4.83. The molecule has 0 atom stereocenters. The lowest BCUT2D eigenvalue weighted by Gasteiger charge is -2.07. The number of methoxy groups -OCH3 is 2. The first-order valence-corrected chi connectivity index (χ1v) is 8.81. The normalized spacial score (nSPS) is 10.8. The van der Waals surface area contributed by atoms with Crippen LogP contribution in [-0.4, -0.2) is 25.1 Å². The molecule has 3 aromatic rings. The SMILES string of the molecule is COc1cc(C(=O)/C=C/c2cc(-c3cccs3)ccc2OC)ccc1O. The largest absolute Gasteiger partial charge is 0.504 e. The van der Waals surface area contributed by atoms with Gasteiger partial charge in [0.05, 0.1) is 14.2 Å². The second kappa shape index (κ2) is 7.89. The van der Waals surface area contributed by atoms with Crippen LogP contribution >= 0.6 is 11.3 Å². The lowest BCUT2D eigenvalue weighted by Crippen LogP contribution is -1.96. The molecule has 0 unspecified atom stereocenters. The first-order chi connectivity index (χ1) is 12.6. The predicted octanol–water partition coefficient (Wildman–Crippen LogP) is 5.03. The van der Waals surface area contributed by atoms with Gasteiger partial charge in [0.15, 0.2) is 17.3 Å². The minimum absolute atomic E-state index is 0.00153. The third kappa shape index (κ3) is 3.78. The van der Waals surface area contributed by atoms with Crippen LogP contribution in [0, 0.1) is 0 Å². The number of rotatable bonds is 6. The summed E-state index contributed by atoms with van der Waals surface area (Å²) in [7, 11) is 3.05. The van der Waals surface area contributed by atoms with Gasteiger partial charge in [0.2, 0.25) is 0 Å². The van der Waals surface area contributed by atoms with Crippen molar-refractivity contribution in [2.75, 3.05) is 14.2 Å². The molecule has 0 spiro atoms. The van der Waals surface area contributed by atoms with E-state index in [1.165, 1.54) is 25.3 Å². The standard InChI is InChI=1S/C21H18O4S/c1-24-19-10-7-16(21-4-3-11-26-21)12-15(19)6-8-17(22)14-5-9-18(23)20(13-14)25-2/h3-13,23H,1-2H3/b8-6+. The lowest BCUT2D eigenvalue weighted by molar-refractivity contribution is 0.104. The van der Waals surface area contributed by atoms with Crippen molar-refractivity contribution in [3.8, 4) is 27.7 Å². The molecule has 0 saturated carbocycles. The molecule has 0 amide bonds. The average molecular weight is 366 g/mol. The predicted molar refractivity (Wildman–Crippen MR) is 104 cm³/mol. The zero-order valence-corrected chi connectivity index (χ0v) is 15.2. The van der Waals surface area contributed by atoms with Crippen molar-refractivity contribution in [3.05, 3.63) is 71.1 Å². The van der Waals surface area contributed by atoms with Crippen molar-refractivity contribution in [2.45, 2.75) is 0 Å². The molecule has 1 aromatic heterocycles. The molecule has 0 aliphatic rings. The highest BCUT2D eigenvalue weighted by atomic mass is 32.1. The Balaban J connectivity index is 1.89. The summed E-state index contributed by atoms with van der Waals surface area (Å²) in [6, 6.07) is 14.4. The number of hydrogen-bond donors (Lipinski definition) is 1. The highest BCUT2D eigenvalue weighted by Crippen LogP contribution is 2.31. The Kier molecular flexibility index (Phi) is 5.39. The van der Waals surface area contributed by atoms with E-state index in [0.717, 1.165) is 16.0 Å². The molecule has 4 nitrogen and oxygen atoms in total. The molecule has 5 heteroatoms. The zero-order chi connectivity index (χ0) is 18.5. The van der Waals surface area contributed by atoms with Gasteiger partial charge < -0.3 is 14.6 Å². The fraction of sp³-hybridized carbons (Fsp3) is 0.0952. The number of phenols is 1. The Hall–Kier alpha value is -3.05. The number of carbonyl (C=O) groups is 1. The summed E-state index contributed by atoms with van der Waals surface area (Å²) < 4.78 is 10.4. The number of ether oxygens (including phenoxy) is 2. The number of thiophene rings is 1. The van der Waals surface area contributed by atoms with Crippen LogP contribution in [0.25, 0.3) is 16.5 Å².